The van der Waals surface area contributed by atoms with E-state index in [0.29, 0.717) is 12.8 Å². The molecule has 0 spiro atoms. The zero-order chi connectivity index (χ0) is 24.7. The Morgan fingerprint density at radius 2 is 1.56 bits per heavy atom. The zero-order valence-electron chi connectivity index (χ0n) is 20.0. The molecule has 0 saturated carbocycles. The number of alkyl carbamates (subject to hydrolysis) is 1. The van der Waals surface area contributed by atoms with Crippen molar-refractivity contribution in [2.75, 3.05) is 6.61 Å². The van der Waals surface area contributed by atoms with Gasteiger partial charge in [0.05, 0.1) is 0 Å². The lowest BCUT2D eigenvalue weighted by Gasteiger charge is -2.23. The summed E-state index contributed by atoms with van der Waals surface area (Å²) in [6.45, 7) is 5.95. The Kier molecular flexibility index (Phi) is 8.68. The van der Waals surface area contributed by atoms with E-state index < -0.39 is 30.1 Å². The number of hydrogen-bond acceptors (Lipinski definition) is 4. The maximum atomic E-state index is 12.6. The molecule has 7 nitrogen and oxygen atoms in total. The number of ether oxygens (including phenoxy) is 1. The number of carbonyl (C=O) groups excluding carboxylic acids is 2. The van der Waals surface area contributed by atoms with Crippen LogP contribution in [-0.2, 0) is 14.3 Å². The number of benzene rings is 2. The highest BCUT2D eigenvalue weighted by molar-refractivity contribution is 5.84. The maximum absolute atomic E-state index is 12.6. The number of carbonyl (C=O) groups is 3. The molecule has 0 aromatic heterocycles. The van der Waals surface area contributed by atoms with E-state index >= 15 is 0 Å². The minimum atomic E-state index is -1.05. The Bertz CT molecular complexity index is 974. The van der Waals surface area contributed by atoms with Crippen molar-refractivity contribution in [3.8, 4) is 11.1 Å². The van der Waals surface area contributed by atoms with Crippen LogP contribution in [-0.4, -0.2) is 41.8 Å². The molecule has 3 rings (SSSR count). The highest BCUT2D eigenvalue weighted by Gasteiger charge is 2.30. The zero-order valence-corrected chi connectivity index (χ0v) is 20.0. The fraction of sp³-hybridized carbons (Fsp3) is 0.444. The van der Waals surface area contributed by atoms with Crippen LogP contribution in [0.2, 0.25) is 0 Å². The molecule has 0 heterocycles. The second-order valence-electron chi connectivity index (χ2n) is 9.13. The largest absolute Gasteiger partial charge is 0.480 e. The number of aliphatic carboxylic acids is 1. The van der Waals surface area contributed by atoms with Crippen LogP contribution in [0.25, 0.3) is 11.1 Å². The van der Waals surface area contributed by atoms with Gasteiger partial charge in [-0.2, -0.15) is 0 Å². The smallest absolute Gasteiger partial charge is 0.407 e. The van der Waals surface area contributed by atoms with Gasteiger partial charge in [0, 0.05) is 18.4 Å². The molecule has 3 N–H and O–H groups in total. The quantitative estimate of drug-likeness (QED) is 0.445. The van der Waals surface area contributed by atoms with Crippen molar-refractivity contribution in [1.29, 1.82) is 0 Å². The molecule has 0 radical (unpaired) electrons. The first-order valence-corrected chi connectivity index (χ1v) is 12.0. The van der Waals surface area contributed by atoms with Crippen molar-refractivity contribution in [2.45, 2.75) is 64.5 Å². The van der Waals surface area contributed by atoms with Gasteiger partial charge in [0.15, 0.2) is 0 Å². The average molecular weight is 467 g/mol. The summed E-state index contributed by atoms with van der Waals surface area (Å²) >= 11 is 0. The normalized spacial score (nSPS) is 14.1. The van der Waals surface area contributed by atoms with Gasteiger partial charge in [-0.1, -0.05) is 82.1 Å². The van der Waals surface area contributed by atoms with Gasteiger partial charge in [-0.25, -0.2) is 9.59 Å². The van der Waals surface area contributed by atoms with Gasteiger partial charge in [-0.3, -0.25) is 4.79 Å². The van der Waals surface area contributed by atoms with Crippen molar-refractivity contribution >= 4 is 18.0 Å². The molecule has 2 amide bonds. The fourth-order valence-corrected chi connectivity index (χ4v) is 4.36. The number of rotatable bonds is 11. The van der Waals surface area contributed by atoms with Crippen molar-refractivity contribution in [2.24, 2.45) is 5.92 Å². The van der Waals surface area contributed by atoms with Gasteiger partial charge >= 0.3 is 12.1 Å². The molecule has 0 fully saturated rings. The molecule has 2 aromatic carbocycles. The van der Waals surface area contributed by atoms with Gasteiger partial charge in [0.1, 0.15) is 12.6 Å². The van der Waals surface area contributed by atoms with Crippen LogP contribution in [0, 0.1) is 5.92 Å². The number of carboxylic acid groups (broad SMARTS) is 1. The molecule has 1 aliphatic carbocycles. The summed E-state index contributed by atoms with van der Waals surface area (Å²) < 4.78 is 5.60. The summed E-state index contributed by atoms with van der Waals surface area (Å²) in [5.41, 5.74) is 4.56. The van der Waals surface area contributed by atoms with Crippen LogP contribution in [0.15, 0.2) is 48.5 Å². The van der Waals surface area contributed by atoms with E-state index in [1.54, 1.807) is 0 Å². The van der Waals surface area contributed by atoms with E-state index in [1.807, 2.05) is 45.0 Å². The van der Waals surface area contributed by atoms with Crippen LogP contribution in [0.3, 0.4) is 0 Å². The molecule has 7 heteroatoms. The number of nitrogens with one attached hydrogen (secondary N) is 2. The first-order valence-electron chi connectivity index (χ1n) is 12.0. The minimum absolute atomic E-state index is 0.0161. The van der Waals surface area contributed by atoms with Crippen LogP contribution >= 0.6 is 0 Å². The molecule has 1 aliphatic rings. The van der Waals surface area contributed by atoms with Crippen molar-refractivity contribution in [3.63, 3.8) is 0 Å². The second-order valence-corrected chi connectivity index (χ2v) is 9.13. The first-order chi connectivity index (χ1) is 16.3. The predicted molar refractivity (Wildman–Crippen MR) is 131 cm³/mol. The van der Waals surface area contributed by atoms with E-state index in [0.717, 1.165) is 28.7 Å². The van der Waals surface area contributed by atoms with E-state index in [1.165, 1.54) is 0 Å². The Balaban J connectivity index is 1.58. The number of unbranched alkanes of at least 4 members (excludes halogenated alkanes) is 1. The molecule has 0 aliphatic heterocycles. The highest BCUT2D eigenvalue weighted by atomic mass is 16.5. The Morgan fingerprint density at radius 3 is 2.09 bits per heavy atom. The number of hydrogen-bond donors (Lipinski definition) is 3. The molecular weight excluding hydrogens is 432 g/mol. The third kappa shape index (κ3) is 6.16. The van der Waals surface area contributed by atoms with Crippen molar-refractivity contribution in [3.05, 3.63) is 59.7 Å². The molecule has 2 aromatic rings. The lowest BCUT2D eigenvalue weighted by atomic mass is 9.98. The summed E-state index contributed by atoms with van der Waals surface area (Å²) in [6, 6.07) is 14.8. The molecule has 34 heavy (non-hydrogen) atoms. The van der Waals surface area contributed by atoms with Gasteiger partial charge in [0.25, 0.3) is 0 Å². The lowest BCUT2D eigenvalue weighted by molar-refractivity contribution is -0.142. The third-order valence-corrected chi connectivity index (χ3v) is 6.34. The summed E-state index contributed by atoms with van der Waals surface area (Å²) in [6.07, 6.45) is 1.33. The second kappa shape index (κ2) is 11.7. The average Bonchev–Trinajstić information content (AvgIpc) is 3.13. The SMILES string of the molecule is CCCC[C@H](NC(=O)CC(NC(=O)OCC1c2ccccc2-c2ccccc21)C(C)C)C(=O)O. The van der Waals surface area contributed by atoms with Crippen LogP contribution in [0.1, 0.15) is 63.5 Å². The van der Waals surface area contributed by atoms with Gasteiger partial charge in [0.2, 0.25) is 5.91 Å². The number of amides is 2. The van der Waals surface area contributed by atoms with Crippen LogP contribution < -0.4 is 10.6 Å². The van der Waals surface area contributed by atoms with Gasteiger partial charge in [-0.05, 0) is 34.6 Å². The van der Waals surface area contributed by atoms with E-state index in [9.17, 15) is 19.5 Å². The molecular formula is C27H34N2O5. The molecule has 2 atom stereocenters. The van der Waals surface area contributed by atoms with E-state index in [4.69, 9.17) is 4.74 Å². The third-order valence-electron chi connectivity index (χ3n) is 6.34. The monoisotopic (exact) mass is 466 g/mol. The molecule has 0 saturated heterocycles. The van der Waals surface area contributed by atoms with Crippen molar-refractivity contribution < 1.29 is 24.2 Å². The summed E-state index contributed by atoms with van der Waals surface area (Å²) in [5, 5.41) is 14.7. The molecule has 182 valence electrons. The highest BCUT2D eigenvalue weighted by Crippen LogP contribution is 2.44. The lowest BCUT2D eigenvalue weighted by Crippen LogP contribution is -2.46. The standard InChI is InChI=1S/C27H34N2O5/c1-4-5-14-23(26(31)32)28-25(30)15-24(17(2)3)29-27(33)34-16-22-20-12-8-6-10-18(20)19-11-7-9-13-21(19)22/h6-13,17,22-24H,4-5,14-16H2,1-3H3,(H,28,30)(H,29,33)(H,31,32)/t23-,24?/m0/s1. The van der Waals surface area contributed by atoms with Gasteiger partial charge in [-0.15, -0.1) is 0 Å². The summed E-state index contributed by atoms with van der Waals surface area (Å²) in [5.74, 6) is -1.53. The first kappa shape index (κ1) is 25.3. The fourth-order valence-electron chi connectivity index (χ4n) is 4.36. The molecule has 0 bridgehead atoms. The Morgan fingerprint density at radius 1 is 0.971 bits per heavy atom. The predicted octanol–water partition coefficient (Wildman–Crippen LogP) is 4.70. The summed E-state index contributed by atoms with van der Waals surface area (Å²) in [4.78, 5) is 36.5. The number of carboxylic acids is 1. The topological polar surface area (TPSA) is 105 Å². The molecule has 1 unspecified atom stereocenters. The van der Waals surface area contributed by atoms with E-state index in [2.05, 4.69) is 34.9 Å². The van der Waals surface area contributed by atoms with Gasteiger partial charge < -0.3 is 20.5 Å². The van der Waals surface area contributed by atoms with E-state index in [-0.39, 0.29) is 24.9 Å². The van der Waals surface area contributed by atoms with Crippen LogP contribution in [0.4, 0.5) is 4.79 Å². The Labute approximate surface area is 200 Å². The van der Waals surface area contributed by atoms with Crippen molar-refractivity contribution in [1.82, 2.24) is 10.6 Å². The Hall–Kier alpha value is -3.35. The maximum Gasteiger partial charge on any atom is 0.407 e. The minimum Gasteiger partial charge on any atom is -0.480 e. The summed E-state index contributed by atoms with van der Waals surface area (Å²) in [7, 11) is 0. The van der Waals surface area contributed by atoms with Crippen LogP contribution in [0.5, 0.6) is 0 Å². The number of fused-ring (bicyclic) bond motifs is 3.